The monoisotopic (exact) mass is 554 g/mol. The Bertz CT molecular complexity index is 1340. The smallest absolute Gasteiger partial charge is 0.341 e. The standard InChI is InChI=1S/C26H20BrClN2O5/c1-2-34-22-13-17(19(27)14-23(22)35-15-24(31)32)12-18-25(16-8-4-3-5-9-16)29-30(26(18)33)21-11-7-6-10-20(21)28/h3-14H,2,15H2,1H3,(H,31,32)/b18-12+. The summed E-state index contributed by atoms with van der Waals surface area (Å²) in [5.74, 6) is -0.811. The van der Waals surface area contributed by atoms with Crippen LogP contribution in [-0.2, 0) is 9.59 Å². The molecule has 0 saturated carbocycles. The molecule has 0 fully saturated rings. The van der Waals surface area contributed by atoms with Crippen molar-refractivity contribution in [2.45, 2.75) is 6.92 Å². The van der Waals surface area contributed by atoms with Crippen molar-refractivity contribution in [3.05, 3.63) is 92.9 Å². The summed E-state index contributed by atoms with van der Waals surface area (Å²) in [7, 11) is 0. The number of carbonyl (C=O) groups excluding carboxylic acids is 1. The van der Waals surface area contributed by atoms with Crippen molar-refractivity contribution in [2.75, 3.05) is 18.2 Å². The number of carboxylic acid groups (broad SMARTS) is 1. The zero-order valence-electron chi connectivity index (χ0n) is 18.6. The molecule has 1 aliphatic heterocycles. The maximum Gasteiger partial charge on any atom is 0.341 e. The first kappa shape index (κ1) is 24.5. The van der Waals surface area contributed by atoms with Crippen LogP contribution in [0.15, 0.2) is 81.9 Å². The van der Waals surface area contributed by atoms with Crippen LogP contribution in [0.1, 0.15) is 18.1 Å². The van der Waals surface area contributed by atoms with Crippen LogP contribution in [-0.4, -0.2) is 35.9 Å². The fourth-order valence-electron chi connectivity index (χ4n) is 3.48. The van der Waals surface area contributed by atoms with E-state index in [0.29, 0.717) is 44.4 Å². The van der Waals surface area contributed by atoms with Gasteiger partial charge < -0.3 is 14.6 Å². The minimum Gasteiger partial charge on any atom is -0.490 e. The van der Waals surface area contributed by atoms with E-state index in [1.165, 1.54) is 5.01 Å². The molecule has 1 heterocycles. The molecule has 0 spiro atoms. The van der Waals surface area contributed by atoms with Gasteiger partial charge in [0.15, 0.2) is 18.1 Å². The van der Waals surface area contributed by atoms with Crippen molar-refractivity contribution in [2.24, 2.45) is 5.10 Å². The zero-order valence-corrected chi connectivity index (χ0v) is 20.9. The van der Waals surface area contributed by atoms with E-state index in [1.807, 2.05) is 37.3 Å². The SMILES string of the molecule is CCOc1cc(/C=C2/C(=O)N(c3ccccc3Cl)N=C2c2ccccc2)c(Br)cc1OCC(=O)O. The van der Waals surface area contributed by atoms with E-state index in [4.69, 9.17) is 26.2 Å². The van der Waals surface area contributed by atoms with Gasteiger partial charge in [0.2, 0.25) is 0 Å². The van der Waals surface area contributed by atoms with Crippen LogP contribution < -0.4 is 14.5 Å². The lowest BCUT2D eigenvalue weighted by atomic mass is 10.00. The number of amides is 1. The third-order valence-corrected chi connectivity index (χ3v) is 6.03. The molecule has 1 aliphatic rings. The Morgan fingerprint density at radius 1 is 1.09 bits per heavy atom. The number of para-hydroxylation sites is 1. The van der Waals surface area contributed by atoms with Gasteiger partial charge in [-0.25, -0.2) is 4.79 Å². The number of ether oxygens (including phenoxy) is 2. The second kappa shape index (κ2) is 10.8. The minimum absolute atomic E-state index is 0.274. The summed E-state index contributed by atoms with van der Waals surface area (Å²) in [5, 5.41) is 15.3. The molecule has 3 aromatic rings. The fourth-order valence-corrected chi connectivity index (χ4v) is 4.13. The summed E-state index contributed by atoms with van der Waals surface area (Å²) in [5.41, 5.74) is 2.72. The van der Waals surface area contributed by atoms with Crippen molar-refractivity contribution in [3.63, 3.8) is 0 Å². The number of halogens is 2. The second-order valence-electron chi connectivity index (χ2n) is 7.38. The number of rotatable bonds is 8. The first-order valence-electron chi connectivity index (χ1n) is 10.6. The Balaban J connectivity index is 1.81. The van der Waals surface area contributed by atoms with E-state index in [-0.39, 0.29) is 11.7 Å². The number of carbonyl (C=O) groups is 2. The first-order chi connectivity index (χ1) is 16.9. The molecule has 0 bridgehead atoms. The maximum atomic E-state index is 13.6. The highest BCUT2D eigenvalue weighted by molar-refractivity contribution is 9.10. The van der Waals surface area contributed by atoms with Gasteiger partial charge in [0.25, 0.3) is 5.91 Å². The number of anilines is 1. The number of hydrazone groups is 1. The lowest BCUT2D eigenvalue weighted by Crippen LogP contribution is -2.21. The van der Waals surface area contributed by atoms with Gasteiger partial charge in [0.1, 0.15) is 5.71 Å². The van der Waals surface area contributed by atoms with Crippen molar-refractivity contribution in [1.82, 2.24) is 0 Å². The second-order valence-corrected chi connectivity index (χ2v) is 8.64. The first-order valence-corrected chi connectivity index (χ1v) is 11.8. The Morgan fingerprint density at radius 2 is 1.77 bits per heavy atom. The highest BCUT2D eigenvalue weighted by atomic mass is 79.9. The molecule has 0 unspecified atom stereocenters. The largest absolute Gasteiger partial charge is 0.490 e. The molecule has 4 rings (SSSR count). The van der Waals surface area contributed by atoms with E-state index in [2.05, 4.69) is 21.0 Å². The van der Waals surface area contributed by atoms with E-state index >= 15 is 0 Å². The molecule has 0 radical (unpaired) electrons. The summed E-state index contributed by atoms with van der Waals surface area (Å²) >= 11 is 9.86. The molecule has 35 heavy (non-hydrogen) atoms. The maximum absolute atomic E-state index is 13.6. The number of benzene rings is 3. The van der Waals surface area contributed by atoms with Crippen LogP contribution in [0.2, 0.25) is 5.02 Å². The minimum atomic E-state index is -1.10. The lowest BCUT2D eigenvalue weighted by Gasteiger charge is -2.14. The molecule has 9 heteroatoms. The number of carboxylic acids is 1. The fraction of sp³-hybridized carbons (Fsp3) is 0.115. The van der Waals surface area contributed by atoms with Gasteiger partial charge in [-0.2, -0.15) is 10.1 Å². The van der Waals surface area contributed by atoms with Gasteiger partial charge in [-0.3, -0.25) is 4.79 Å². The van der Waals surface area contributed by atoms with E-state index in [1.54, 1.807) is 42.5 Å². The molecule has 1 N–H and O–H groups in total. The van der Waals surface area contributed by atoms with Crippen molar-refractivity contribution in [1.29, 1.82) is 0 Å². The summed E-state index contributed by atoms with van der Waals surface area (Å²) in [6.07, 6.45) is 1.71. The molecule has 3 aromatic carbocycles. The van der Waals surface area contributed by atoms with Crippen LogP contribution in [0.25, 0.3) is 6.08 Å². The van der Waals surface area contributed by atoms with Crippen LogP contribution in [0.5, 0.6) is 11.5 Å². The number of hydrogen-bond donors (Lipinski definition) is 1. The predicted octanol–water partition coefficient (Wildman–Crippen LogP) is 5.80. The van der Waals surface area contributed by atoms with Gasteiger partial charge in [0, 0.05) is 10.0 Å². The molecular weight excluding hydrogens is 536 g/mol. The number of hydrogen-bond acceptors (Lipinski definition) is 5. The predicted molar refractivity (Wildman–Crippen MR) is 138 cm³/mol. The highest BCUT2D eigenvalue weighted by Gasteiger charge is 2.33. The molecule has 0 aromatic heterocycles. The van der Waals surface area contributed by atoms with E-state index < -0.39 is 12.6 Å². The Kier molecular flexibility index (Phi) is 7.53. The van der Waals surface area contributed by atoms with E-state index in [0.717, 1.165) is 5.56 Å². The van der Waals surface area contributed by atoms with Gasteiger partial charge in [0.05, 0.1) is 22.9 Å². The summed E-state index contributed by atoms with van der Waals surface area (Å²) in [6, 6.07) is 19.7. The quantitative estimate of drug-likeness (QED) is 0.355. The van der Waals surface area contributed by atoms with Crippen molar-refractivity contribution in [3.8, 4) is 11.5 Å². The summed E-state index contributed by atoms with van der Waals surface area (Å²) in [4.78, 5) is 24.5. The molecule has 1 amide bonds. The Hall–Kier alpha value is -3.62. The third-order valence-electron chi connectivity index (χ3n) is 5.02. The van der Waals surface area contributed by atoms with Crippen molar-refractivity contribution >= 4 is 56.9 Å². The number of aliphatic carboxylic acids is 1. The molecule has 0 aliphatic carbocycles. The molecule has 178 valence electrons. The molecular formula is C26H20BrClN2O5. The van der Waals surface area contributed by atoms with Crippen LogP contribution in [0.4, 0.5) is 5.69 Å². The van der Waals surface area contributed by atoms with Crippen LogP contribution in [0.3, 0.4) is 0 Å². The van der Waals surface area contributed by atoms with Crippen LogP contribution >= 0.6 is 27.5 Å². The van der Waals surface area contributed by atoms with Crippen molar-refractivity contribution < 1.29 is 24.2 Å². The summed E-state index contributed by atoms with van der Waals surface area (Å²) < 4.78 is 11.6. The third kappa shape index (κ3) is 5.39. The average Bonchev–Trinajstić information content (AvgIpc) is 3.16. The normalized spacial score (nSPS) is 14.3. The van der Waals surface area contributed by atoms with E-state index in [9.17, 15) is 9.59 Å². The average molecular weight is 556 g/mol. The molecule has 7 nitrogen and oxygen atoms in total. The number of nitrogens with zero attached hydrogens (tertiary/aromatic N) is 2. The van der Waals surface area contributed by atoms with Gasteiger partial charge >= 0.3 is 5.97 Å². The molecule has 0 atom stereocenters. The Morgan fingerprint density at radius 3 is 2.46 bits per heavy atom. The van der Waals surface area contributed by atoms with Gasteiger partial charge in [-0.15, -0.1) is 0 Å². The van der Waals surface area contributed by atoms with Gasteiger partial charge in [-0.05, 0) is 42.8 Å². The summed E-state index contributed by atoms with van der Waals surface area (Å²) in [6.45, 7) is 1.64. The molecule has 0 saturated heterocycles. The van der Waals surface area contributed by atoms with Crippen LogP contribution in [0, 0.1) is 0 Å². The highest BCUT2D eigenvalue weighted by Crippen LogP contribution is 2.37. The van der Waals surface area contributed by atoms with Gasteiger partial charge in [-0.1, -0.05) is 70.0 Å². The zero-order chi connectivity index (χ0) is 24.9. The lowest BCUT2D eigenvalue weighted by molar-refractivity contribution is -0.139. The Labute approximate surface area is 215 Å². The topological polar surface area (TPSA) is 88.4 Å².